The second-order valence-electron chi connectivity index (χ2n) is 7.86. The van der Waals surface area contributed by atoms with Gasteiger partial charge in [0.05, 0.1) is 17.7 Å². The maximum Gasteiger partial charge on any atom is 0.410 e. The molecule has 32 heavy (non-hydrogen) atoms. The minimum atomic E-state index is -4.03. The molecule has 0 saturated heterocycles. The van der Waals surface area contributed by atoms with Crippen molar-refractivity contribution < 1.29 is 31.9 Å². The van der Waals surface area contributed by atoms with Gasteiger partial charge >= 0.3 is 6.09 Å². The molecule has 0 radical (unpaired) electrons. The summed E-state index contributed by atoms with van der Waals surface area (Å²) in [5, 5.41) is 2.59. The Labute approximate surface area is 186 Å². The zero-order valence-corrected chi connectivity index (χ0v) is 19.2. The molecular weight excluding hydrogens is 441 g/mol. The number of benzene rings is 2. The molecule has 0 aliphatic rings. The fraction of sp³-hybridized carbons (Fsp3) is 0.333. The SMILES string of the molecule is COc1ccc(NC(=O)CN(C)C(=O)OC(C)(C)C)cc1NS(=O)(=O)c1ccc(F)cc1. The summed E-state index contributed by atoms with van der Waals surface area (Å²) in [4.78, 5) is 25.3. The number of nitrogens with one attached hydrogen (secondary N) is 2. The molecule has 0 saturated carbocycles. The van der Waals surface area contributed by atoms with Crippen LogP contribution in [0.15, 0.2) is 47.4 Å². The van der Waals surface area contributed by atoms with Crippen LogP contribution in [0.4, 0.5) is 20.6 Å². The largest absolute Gasteiger partial charge is 0.495 e. The number of nitrogens with zero attached hydrogens (tertiary/aromatic N) is 1. The van der Waals surface area contributed by atoms with Gasteiger partial charge < -0.3 is 19.7 Å². The Bertz CT molecular complexity index is 1080. The van der Waals surface area contributed by atoms with Crippen LogP contribution in [0.3, 0.4) is 0 Å². The fourth-order valence-electron chi connectivity index (χ4n) is 2.50. The van der Waals surface area contributed by atoms with E-state index in [0.717, 1.165) is 29.2 Å². The monoisotopic (exact) mass is 467 g/mol. The maximum absolute atomic E-state index is 13.1. The van der Waals surface area contributed by atoms with Gasteiger partial charge in [0.2, 0.25) is 5.91 Å². The number of anilines is 2. The van der Waals surface area contributed by atoms with E-state index in [1.807, 2.05) is 0 Å². The third kappa shape index (κ3) is 7.12. The van der Waals surface area contributed by atoms with E-state index in [2.05, 4.69) is 10.0 Å². The number of amides is 2. The lowest BCUT2D eigenvalue weighted by Gasteiger charge is -2.24. The number of halogens is 1. The molecule has 2 aromatic rings. The highest BCUT2D eigenvalue weighted by atomic mass is 32.2. The lowest BCUT2D eigenvalue weighted by atomic mass is 10.2. The molecule has 9 nitrogen and oxygen atoms in total. The van der Waals surface area contributed by atoms with Crippen molar-refractivity contribution in [2.75, 3.05) is 30.7 Å². The molecule has 11 heteroatoms. The normalized spacial score (nSPS) is 11.4. The van der Waals surface area contributed by atoms with Crippen LogP contribution in [0.5, 0.6) is 5.75 Å². The van der Waals surface area contributed by atoms with Gasteiger partial charge in [0.25, 0.3) is 10.0 Å². The van der Waals surface area contributed by atoms with Crippen molar-refractivity contribution in [3.63, 3.8) is 0 Å². The lowest BCUT2D eigenvalue weighted by Crippen LogP contribution is -2.38. The Morgan fingerprint density at radius 1 is 1.09 bits per heavy atom. The molecule has 2 rings (SSSR count). The van der Waals surface area contributed by atoms with Gasteiger partial charge in [0.1, 0.15) is 23.7 Å². The van der Waals surface area contributed by atoms with E-state index in [9.17, 15) is 22.4 Å². The van der Waals surface area contributed by atoms with Gasteiger partial charge in [-0.25, -0.2) is 17.6 Å². The highest BCUT2D eigenvalue weighted by Crippen LogP contribution is 2.30. The van der Waals surface area contributed by atoms with E-state index < -0.39 is 33.4 Å². The van der Waals surface area contributed by atoms with Crippen LogP contribution in [0.2, 0.25) is 0 Å². The highest BCUT2D eigenvalue weighted by Gasteiger charge is 2.22. The van der Waals surface area contributed by atoms with Gasteiger partial charge in [-0.2, -0.15) is 0 Å². The van der Waals surface area contributed by atoms with Crippen molar-refractivity contribution in [3.05, 3.63) is 48.3 Å². The average Bonchev–Trinajstić information content (AvgIpc) is 2.66. The van der Waals surface area contributed by atoms with Gasteiger partial charge in [-0.3, -0.25) is 9.52 Å². The number of hydrogen-bond donors (Lipinski definition) is 2. The van der Waals surface area contributed by atoms with Crippen molar-refractivity contribution in [2.45, 2.75) is 31.3 Å². The number of likely N-dealkylation sites (N-methyl/N-ethyl adjacent to an activating group) is 1. The predicted octanol–water partition coefficient (Wildman–Crippen LogP) is 3.44. The maximum atomic E-state index is 13.1. The van der Waals surface area contributed by atoms with Gasteiger partial charge in [-0.15, -0.1) is 0 Å². The van der Waals surface area contributed by atoms with Crippen LogP contribution in [-0.4, -0.2) is 51.6 Å². The zero-order valence-electron chi connectivity index (χ0n) is 18.4. The fourth-order valence-corrected chi connectivity index (χ4v) is 3.56. The molecule has 0 fully saturated rings. The summed E-state index contributed by atoms with van der Waals surface area (Å²) in [5.41, 5.74) is -0.366. The van der Waals surface area contributed by atoms with Crippen LogP contribution in [0, 0.1) is 5.82 Å². The first kappa shape index (κ1) is 24.9. The molecule has 0 spiro atoms. The van der Waals surface area contributed by atoms with Gasteiger partial charge in [0.15, 0.2) is 0 Å². The summed E-state index contributed by atoms with van der Waals surface area (Å²) in [7, 11) is -1.25. The summed E-state index contributed by atoms with van der Waals surface area (Å²) in [6.45, 7) is 4.86. The topological polar surface area (TPSA) is 114 Å². The molecule has 0 aromatic heterocycles. The third-order valence-electron chi connectivity index (χ3n) is 3.94. The second-order valence-corrected chi connectivity index (χ2v) is 9.54. The molecule has 2 aromatic carbocycles. The number of carbonyl (C=O) groups is 2. The number of methoxy groups -OCH3 is 1. The molecule has 2 N–H and O–H groups in total. The van der Waals surface area contributed by atoms with Crippen molar-refractivity contribution >= 4 is 33.4 Å². The van der Waals surface area contributed by atoms with Crippen molar-refractivity contribution in [2.24, 2.45) is 0 Å². The molecular formula is C21H26FN3O6S. The number of carbonyl (C=O) groups excluding carboxylic acids is 2. The molecule has 0 unspecified atom stereocenters. The van der Waals surface area contributed by atoms with Crippen molar-refractivity contribution in [3.8, 4) is 5.75 Å². The van der Waals surface area contributed by atoms with E-state index in [-0.39, 0.29) is 28.6 Å². The van der Waals surface area contributed by atoms with Gasteiger partial charge in [0, 0.05) is 12.7 Å². The highest BCUT2D eigenvalue weighted by molar-refractivity contribution is 7.92. The van der Waals surface area contributed by atoms with Crippen LogP contribution < -0.4 is 14.8 Å². The Kier molecular flexibility index (Phi) is 7.68. The van der Waals surface area contributed by atoms with Crippen LogP contribution in [-0.2, 0) is 19.6 Å². The molecule has 0 aliphatic heterocycles. The van der Waals surface area contributed by atoms with E-state index in [1.165, 1.54) is 32.4 Å². The molecule has 2 amide bonds. The van der Waals surface area contributed by atoms with Gasteiger partial charge in [-0.1, -0.05) is 0 Å². The van der Waals surface area contributed by atoms with E-state index in [0.29, 0.717) is 0 Å². The Morgan fingerprint density at radius 2 is 1.72 bits per heavy atom. The number of hydrogen-bond acceptors (Lipinski definition) is 6. The summed E-state index contributed by atoms with van der Waals surface area (Å²) < 4.78 is 51.1. The van der Waals surface area contributed by atoms with E-state index in [1.54, 1.807) is 20.8 Å². The number of rotatable bonds is 7. The second kappa shape index (κ2) is 9.86. The first-order valence-electron chi connectivity index (χ1n) is 9.51. The average molecular weight is 468 g/mol. The summed E-state index contributed by atoms with van der Waals surface area (Å²) in [6.07, 6.45) is -0.657. The Hall–Kier alpha value is -3.34. The quantitative estimate of drug-likeness (QED) is 0.645. The third-order valence-corrected chi connectivity index (χ3v) is 5.32. The van der Waals surface area contributed by atoms with Crippen LogP contribution in [0.25, 0.3) is 0 Å². The Morgan fingerprint density at radius 3 is 2.28 bits per heavy atom. The smallest absolute Gasteiger partial charge is 0.410 e. The minimum Gasteiger partial charge on any atom is -0.495 e. The number of ether oxygens (including phenoxy) is 2. The molecule has 174 valence electrons. The van der Waals surface area contributed by atoms with E-state index in [4.69, 9.17) is 9.47 Å². The minimum absolute atomic E-state index is 0.0649. The molecule has 0 atom stereocenters. The van der Waals surface area contributed by atoms with E-state index >= 15 is 0 Å². The van der Waals surface area contributed by atoms with Crippen molar-refractivity contribution in [1.82, 2.24) is 4.90 Å². The zero-order chi connectivity index (χ0) is 24.1. The molecule has 0 heterocycles. The summed E-state index contributed by atoms with van der Waals surface area (Å²) in [5.74, 6) is -0.877. The van der Waals surface area contributed by atoms with Crippen LogP contribution >= 0.6 is 0 Å². The summed E-state index contributed by atoms with van der Waals surface area (Å²) in [6, 6.07) is 8.67. The predicted molar refractivity (Wildman–Crippen MR) is 118 cm³/mol. The Balaban J connectivity index is 2.14. The molecule has 0 bridgehead atoms. The first-order valence-corrected chi connectivity index (χ1v) is 11.0. The van der Waals surface area contributed by atoms with Crippen molar-refractivity contribution in [1.29, 1.82) is 0 Å². The van der Waals surface area contributed by atoms with Gasteiger partial charge in [-0.05, 0) is 63.2 Å². The lowest BCUT2D eigenvalue weighted by molar-refractivity contribution is -0.117. The molecule has 0 aliphatic carbocycles. The number of sulfonamides is 1. The summed E-state index contributed by atoms with van der Waals surface area (Å²) >= 11 is 0. The van der Waals surface area contributed by atoms with Crippen LogP contribution in [0.1, 0.15) is 20.8 Å². The standard InChI is InChI=1S/C21H26FN3O6S/c1-21(2,3)31-20(27)25(4)13-19(26)23-15-8-11-18(30-5)17(12-15)24-32(28,29)16-9-6-14(22)7-10-16/h6-12,24H,13H2,1-5H3,(H,23,26). The first-order chi connectivity index (χ1) is 14.8.